The first-order valence-corrected chi connectivity index (χ1v) is 7.93. The third kappa shape index (κ3) is 3.20. The Kier molecular flexibility index (Phi) is 4.35. The zero-order valence-corrected chi connectivity index (χ0v) is 12.1. The molecule has 1 saturated carbocycles. The predicted octanol–water partition coefficient (Wildman–Crippen LogP) is 1.74. The maximum Gasteiger partial charge on any atom is 0.224 e. The smallest absolute Gasteiger partial charge is 0.224 e. The van der Waals surface area contributed by atoms with E-state index in [-0.39, 0.29) is 0 Å². The van der Waals surface area contributed by atoms with Gasteiger partial charge in [0.25, 0.3) is 0 Å². The lowest BCUT2D eigenvalue weighted by atomic mass is 9.89. The zero-order chi connectivity index (χ0) is 13.8. The van der Waals surface area contributed by atoms with Crippen molar-refractivity contribution in [1.29, 1.82) is 0 Å². The molecule has 0 bridgehead atoms. The van der Waals surface area contributed by atoms with Gasteiger partial charge in [0, 0.05) is 25.1 Å². The van der Waals surface area contributed by atoms with Crippen LogP contribution in [0.3, 0.4) is 0 Å². The highest BCUT2D eigenvalue weighted by atomic mass is 15.1. The van der Waals surface area contributed by atoms with Gasteiger partial charge < -0.3 is 16.4 Å². The van der Waals surface area contributed by atoms with Crippen molar-refractivity contribution < 1.29 is 0 Å². The van der Waals surface area contributed by atoms with Gasteiger partial charge in [-0.1, -0.05) is 19.3 Å². The van der Waals surface area contributed by atoms with Crippen LogP contribution in [0.25, 0.3) is 0 Å². The second-order valence-electron chi connectivity index (χ2n) is 5.99. The van der Waals surface area contributed by atoms with Gasteiger partial charge >= 0.3 is 0 Å². The average Bonchev–Trinajstić information content (AvgIpc) is 2.72. The summed E-state index contributed by atoms with van der Waals surface area (Å²) in [7, 11) is 0. The molecule has 5 nitrogen and oxygen atoms in total. The molecule has 1 aromatic heterocycles. The minimum absolute atomic E-state index is 0.657. The van der Waals surface area contributed by atoms with Gasteiger partial charge in [-0.05, 0) is 31.7 Å². The minimum atomic E-state index is 0.657. The first kappa shape index (κ1) is 13.6. The third-order valence-corrected chi connectivity index (χ3v) is 4.49. The van der Waals surface area contributed by atoms with E-state index in [0.717, 1.165) is 49.7 Å². The van der Waals surface area contributed by atoms with Gasteiger partial charge in [0.15, 0.2) is 0 Å². The topological polar surface area (TPSA) is 75.9 Å². The second kappa shape index (κ2) is 6.39. The van der Waals surface area contributed by atoms with Crippen LogP contribution in [0.2, 0.25) is 0 Å². The summed E-state index contributed by atoms with van der Waals surface area (Å²) in [4.78, 5) is 9.12. The Bertz CT molecular complexity index is 454. The summed E-state index contributed by atoms with van der Waals surface area (Å²) in [6.07, 6.45) is 8.67. The molecular weight excluding hydrogens is 250 g/mol. The summed E-state index contributed by atoms with van der Waals surface area (Å²) in [5, 5.41) is 6.78. The number of anilines is 2. The Labute approximate surface area is 120 Å². The van der Waals surface area contributed by atoms with E-state index in [1.54, 1.807) is 0 Å². The molecule has 1 aliphatic heterocycles. The van der Waals surface area contributed by atoms with Crippen LogP contribution in [0.15, 0.2) is 0 Å². The number of hydrogen-bond acceptors (Lipinski definition) is 5. The minimum Gasteiger partial charge on any atom is -0.383 e. The summed E-state index contributed by atoms with van der Waals surface area (Å²) in [6, 6.07) is 0. The second-order valence-corrected chi connectivity index (χ2v) is 5.99. The summed E-state index contributed by atoms with van der Waals surface area (Å²) in [5.74, 6) is 2.15. The molecular formula is C15H25N5. The van der Waals surface area contributed by atoms with Crippen LogP contribution in [0, 0.1) is 5.92 Å². The molecule has 0 saturated heterocycles. The number of nitrogens with one attached hydrogen (secondary N) is 2. The number of fused-ring (bicyclic) bond motifs is 1. The highest BCUT2D eigenvalue weighted by Crippen LogP contribution is 2.24. The van der Waals surface area contributed by atoms with Crippen LogP contribution in [0.4, 0.5) is 11.8 Å². The Balaban J connectivity index is 1.67. The quantitative estimate of drug-likeness (QED) is 0.783. The van der Waals surface area contributed by atoms with Crippen molar-refractivity contribution in [2.45, 2.75) is 44.9 Å². The van der Waals surface area contributed by atoms with E-state index in [0.29, 0.717) is 11.8 Å². The van der Waals surface area contributed by atoms with Crippen molar-refractivity contribution in [3.05, 3.63) is 11.3 Å². The molecule has 1 fully saturated rings. The van der Waals surface area contributed by atoms with Gasteiger partial charge in [0.2, 0.25) is 5.95 Å². The molecule has 4 N–H and O–H groups in total. The SMILES string of the molecule is Nc1nc(NCC2CCCCC2)nc2c1CCNCC2. The van der Waals surface area contributed by atoms with Crippen molar-refractivity contribution >= 4 is 11.8 Å². The summed E-state index contributed by atoms with van der Waals surface area (Å²) in [5.41, 5.74) is 8.36. The molecule has 20 heavy (non-hydrogen) atoms. The Morgan fingerprint density at radius 3 is 2.75 bits per heavy atom. The molecule has 3 rings (SSSR count). The predicted molar refractivity (Wildman–Crippen MR) is 81.8 cm³/mol. The lowest BCUT2D eigenvalue weighted by Gasteiger charge is -2.22. The van der Waals surface area contributed by atoms with E-state index in [1.807, 2.05) is 0 Å². The molecule has 1 aliphatic carbocycles. The average molecular weight is 275 g/mol. The van der Waals surface area contributed by atoms with Crippen molar-refractivity contribution in [3.63, 3.8) is 0 Å². The fraction of sp³-hybridized carbons (Fsp3) is 0.733. The number of nitrogens with zero attached hydrogens (tertiary/aromatic N) is 2. The highest BCUT2D eigenvalue weighted by molar-refractivity contribution is 5.48. The van der Waals surface area contributed by atoms with Crippen molar-refractivity contribution in [2.24, 2.45) is 5.92 Å². The van der Waals surface area contributed by atoms with E-state index >= 15 is 0 Å². The van der Waals surface area contributed by atoms with Crippen molar-refractivity contribution in [1.82, 2.24) is 15.3 Å². The van der Waals surface area contributed by atoms with Gasteiger partial charge in [-0.3, -0.25) is 0 Å². The zero-order valence-electron chi connectivity index (χ0n) is 12.1. The normalized spacial score (nSPS) is 20.2. The molecule has 0 amide bonds. The number of aromatic nitrogens is 2. The lowest BCUT2D eigenvalue weighted by molar-refractivity contribution is 0.373. The van der Waals surface area contributed by atoms with E-state index in [9.17, 15) is 0 Å². The summed E-state index contributed by atoms with van der Waals surface area (Å²) in [6.45, 7) is 2.93. The first-order chi connectivity index (χ1) is 9.83. The van der Waals surface area contributed by atoms with Crippen molar-refractivity contribution in [2.75, 3.05) is 30.7 Å². The van der Waals surface area contributed by atoms with E-state index in [1.165, 1.54) is 32.1 Å². The molecule has 2 heterocycles. The van der Waals surface area contributed by atoms with Gasteiger partial charge in [0.05, 0.1) is 5.69 Å². The fourth-order valence-electron chi connectivity index (χ4n) is 3.28. The van der Waals surface area contributed by atoms with Crippen LogP contribution in [-0.2, 0) is 12.8 Å². The molecule has 110 valence electrons. The first-order valence-electron chi connectivity index (χ1n) is 7.93. The molecule has 0 atom stereocenters. The number of rotatable bonds is 3. The molecule has 0 radical (unpaired) electrons. The summed E-state index contributed by atoms with van der Waals surface area (Å²) >= 11 is 0. The maximum absolute atomic E-state index is 6.10. The van der Waals surface area contributed by atoms with Crippen LogP contribution in [0.5, 0.6) is 0 Å². The Hall–Kier alpha value is -1.36. The van der Waals surface area contributed by atoms with E-state index < -0.39 is 0 Å². The largest absolute Gasteiger partial charge is 0.383 e. The van der Waals surface area contributed by atoms with E-state index in [2.05, 4.69) is 20.6 Å². The van der Waals surface area contributed by atoms with Gasteiger partial charge in [-0.2, -0.15) is 4.98 Å². The highest BCUT2D eigenvalue weighted by Gasteiger charge is 2.16. The third-order valence-electron chi connectivity index (χ3n) is 4.49. The van der Waals surface area contributed by atoms with Crippen LogP contribution >= 0.6 is 0 Å². The maximum atomic E-state index is 6.10. The van der Waals surface area contributed by atoms with Gasteiger partial charge in [-0.25, -0.2) is 4.98 Å². The van der Waals surface area contributed by atoms with Crippen LogP contribution < -0.4 is 16.4 Å². The molecule has 5 heteroatoms. The van der Waals surface area contributed by atoms with Crippen LogP contribution in [-0.4, -0.2) is 29.6 Å². The number of nitrogens with two attached hydrogens (primary N) is 1. The fourth-order valence-corrected chi connectivity index (χ4v) is 3.28. The summed E-state index contributed by atoms with van der Waals surface area (Å²) < 4.78 is 0. The molecule has 0 unspecified atom stereocenters. The standard InChI is InChI=1S/C15H25N5/c16-14-12-6-8-17-9-7-13(12)19-15(20-14)18-10-11-4-2-1-3-5-11/h11,17H,1-10H2,(H3,16,18,19,20). The molecule has 2 aliphatic rings. The monoisotopic (exact) mass is 275 g/mol. The Morgan fingerprint density at radius 2 is 1.90 bits per heavy atom. The Morgan fingerprint density at radius 1 is 1.10 bits per heavy atom. The number of nitrogen functional groups attached to an aromatic ring is 1. The molecule has 1 aromatic rings. The van der Waals surface area contributed by atoms with Gasteiger partial charge in [-0.15, -0.1) is 0 Å². The van der Waals surface area contributed by atoms with Crippen LogP contribution in [0.1, 0.15) is 43.4 Å². The molecule has 0 spiro atoms. The van der Waals surface area contributed by atoms with Gasteiger partial charge in [0.1, 0.15) is 5.82 Å². The van der Waals surface area contributed by atoms with Crippen molar-refractivity contribution in [3.8, 4) is 0 Å². The number of hydrogen-bond donors (Lipinski definition) is 3. The van der Waals surface area contributed by atoms with E-state index in [4.69, 9.17) is 5.73 Å². The molecule has 0 aromatic carbocycles. The lowest BCUT2D eigenvalue weighted by Crippen LogP contribution is -2.19.